The number of hydrogen-bond acceptors (Lipinski definition) is 5. The average Bonchev–Trinajstić information content (AvgIpc) is 3.44. The minimum Gasteiger partial charge on any atom is -0.534 e. The van der Waals surface area contributed by atoms with Crippen molar-refractivity contribution >= 4 is 13.0 Å². The molecule has 134 valence electrons. The Morgan fingerprint density at radius 1 is 1.15 bits per heavy atom. The van der Waals surface area contributed by atoms with Crippen LogP contribution in [0.4, 0.5) is 0 Å². The van der Waals surface area contributed by atoms with E-state index in [0.29, 0.717) is 6.42 Å². The van der Waals surface area contributed by atoms with Gasteiger partial charge in [-0.15, -0.1) is 0 Å². The van der Waals surface area contributed by atoms with Crippen molar-refractivity contribution in [1.29, 1.82) is 0 Å². The van der Waals surface area contributed by atoms with E-state index >= 15 is 0 Å². The summed E-state index contributed by atoms with van der Waals surface area (Å²) in [5, 5.41) is 32.1. The second-order valence-corrected chi connectivity index (χ2v) is 6.95. The second-order valence-electron chi connectivity index (χ2n) is 6.95. The summed E-state index contributed by atoms with van der Waals surface area (Å²) in [5.74, 6) is -0.440. The number of benzene rings is 2. The van der Waals surface area contributed by atoms with Gasteiger partial charge in [0.1, 0.15) is 5.75 Å². The maximum absolute atomic E-state index is 12.9. The van der Waals surface area contributed by atoms with Gasteiger partial charge in [-0.3, -0.25) is 4.79 Å². The fourth-order valence-electron chi connectivity index (χ4n) is 3.61. The van der Waals surface area contributed by atoms with Crippen LogP contribution < -0.4 is 9.97 Å². The Hall–Kier alpha value is -2.35. The number of para-hydroxylation sites is 1. The summed E-state index contributed by atoms with van der Waals surface area (Å²) < 4.78 is 5.50. The molecule has 2 aromatic rings. The Labute approximate surface area is 151 Å². The number of nitrogens with one attached hydrogen (secondary N) is 1. The highest BCUT2D eigenvalue weighted by atomic mass is 16.5. The van der Waals surface area contributed by atoms with E-state index in [1.165, 1.54) is 6.07 Å². The molecule has 1 amide bonds. The van der Waals surface area contributed by atoms with Crippen LogP contribution in [0.3, 0.4) is 0 Å². The van der Waals surface area contributed by atoms with Gasteiger partial charge in [-0.25, -0.2) is 0 Å². The predicted octanol–water partition coefficient (Wildman–Crippen LogP) is 0.841. The molecule has 1 heterocycles. The van der Waals surface area contributed by atoms with E-state index in [1.54, 1.807) is 12.1 Å². The quantitative estimate of drug-likeness (QED) is 0.482. The molecule has 7 heteroatoms. The molecule has 4 N–H and O–H groups in total. The highest BCUT2D eigenvalue weighted by Gasteiger charge is 2.52. The highest BCUT2D eigenvalue weighted by Crippen LogP contribution is 2.48. The van der Waals surface area contributed by atoms with Crippen LogP contribution >= 0.6 is 0 Å². The van der Waals surface area contributed by atoms with Crippen molar-refractivity contribution in [3.05, 3.63) is 65.2 Å². The van der Waals surface area contributed by atoms with E-state index in [2.05, 4.69) is 5.32 Å². The smallest absolute Gasteiger partial charge is 0.534 e. The maximum Gasteiger partial charge on any atom is 0.547 e. The lowest BCUT2D eigenvalue weighted by Gasteiger charge is -2.31. The third kappa shape index (κ3) is 2.88. The van der Waals surface area contributed by atoms with Gasteiger partial charge in [0.05, 0.1) is 11.4 Å². The summed E-state index contributed by atoms with van der Waals surface area (Å²) >= 11 is 0. The van der Waals surface area contributed by atoms with E-state index < -0.39 is 24.8 Å². The molecule has 1 unspecified atom stereocenters. The van der Waals surface area contributed by atoms with Gasteiger partial charge in [-0.2, -0.15) is 0 Å². The molecule has 2 aliphatic rings. The molecule has 1 saturated carbocycles. The maximum atomic E-state index is 12.9. The third-order valence-corrected chi connectivity index (χ3v) is 5.26. The number of aliphatic hydroxyl groups is 2. The lowest BCUT2D eigenvalue weighted by atomic mass is 9.72. The largest absolute Gasteiger partial charge is 0.547 e. The van der Waals surface area contributed by atoms with Gasteiger partial charge >= 0.3 is 7.12 Å². The van der Waals surface area contributed by atoms with Crippen molar-refractivity contribution in [2.24, 2.45) is 0 Å². The van der Waals surface area contributed by atoms with Crippen LogP contribution in [0.25, 0.3) is 0 Å². The first-order valence-corrected chi connectivity index (χ1v) is 8.70. The van der Waals surface area contributed by atoms with Gasteiger partial charge in [-0.05, 0) is 30.4 Å². The Bertz CT molecular complexity index is 822. The van der Waals surface area contributed by atoms with Crippen molar-refractivity contribution in [2.45, 2.75) is 36.9 Å². The van der Waals surface area contributed by atoms with Crippen LogP contribution in [0, 0.1) is 0 Å². The van der Waals surface area contributed by atoms with E-state index in [4.69, 9.17) is 4.65 Å². The molecule has 0 spiro atoms. The molecule has 2 aromatic carbocycles. The van der Waals surface area contributed by atoms with Crippen molar-refractivity contribution in [3.8, 4) is 5.75 Å². The monoisotopic (exact) mass is 353 g/mol. The van der Waals surface area contributed by atoms with Crippen LogP contribution in [-0.4, -0.2) is 34.2 Å². The predicted molar refractivity (Wildman–Crippen MR) is 95.2 cm³/mol. The molecule has 6 nitrogen and oxygen atoms in total. The summed E-state index contributed by atoms with van der Waals surface area (Å²) in [7, 11) is -1.25. The van der Waals surface area contributed by atoms with Crippen LogP contribution in [0.1, 0.15) is 35.8 Å². The van der Waals surface area contributed by atoms with E-state index in [9.17, 15) is 20.0 Å². The first-order valence-electron chi connectivity index (χ1n) is 8.70. The molecular formula is C19H20BNO5. The van der Waals surface area contributed by atoms with Crippen LogP contribution in [0.5, 0.6) is 5.75 Å². The van der Waals surface area contributed by atoms with Crippen molar-refractivity contribution in [1.82, 2.24) is 5.32 Å². The van der Waals surface area contributed by atoms with E-state index in [0.717, 1.165) is 24.0 Å². The molecule has 0 bridgehead atoms. The summed E-state index contributed by atoms with van der Waals surface area (Å²) in [4.78, 5) is 12.9. The first kappa shape index (κ1) is 17.1. The summed E-state index contributed by atoms with van der Waals surface area (Å²) in [5.41, 5.74) is 1.38. The number of carbonyl (C=O) groups excluding carboxylic acids is 1. The van der Waals surface area contributed by atoms with Crippen LogP contribution in [-0.2, 0) is 16.6 Å². The zero-order valence-electron chi connectivity index (χ0n) is 14.1. The number of rotatable bonds is 4. The molecule has 4 rings (SSSR count). The Morgan fingerprint density at radius 2 is 1.88 bits per heavy atom. The minimum absolute atomic E-state index is 0.113. The summed E-state index contributed by atoms with van der Waals surface area (Å²) in [6.07, 6.45) is 0.234. The summed E-state index contributed by atoms with van der Waals surface area (Å²) in [6, 6.07) is 14.7. The second kappa shape index (κ2) is 6.43. The topological polar surface area (TPSA) is 99.0 Å². The Balaban J connectivity index is 1.53. The van der Waals surface area contributed by atoms with Crippen LogP contribution in [0.2, 0.25) is 0 Å². The molecular weight excluding hydrogens is 333 g/mol. The molecule has 0 saturated heterocycles. The van der Waals surface area contributed by atoms with E-state index in [-0.39, 0.29) is 17.2 Å². The number of fused-ring (bicyclic) bond motifs is 1. The standard InChI is InChI=1S/C19H20BNO5/c22-17(23)14-8-4-5-12-11-15(20(25)26-16(12)14)21-18(24)19(9-10-19)13-6-2-1-3-7-13/h1-8,15,17,22-23,25H,9-11H2,(H,21,24). The average molecular weight is 353 g/mol. The van der Waals surface area contributed by atoms with Crippen LogP contribution in [0.15, 0.2) is 48.5 Å². The zero-order valence-corrected chi connectivity index (χ0v) is 14.1. The normalized spacial score (nSPS) is 20.3. The Morgan fingerprint density at radius 3 is 2.54 bits per heavy atom. The lowest BCUT2D eigenvalue weighted by Crippen LogP contribution is -2.55. The molecule has 1 atom stereocenters. The van der Waals surface area contributed by atoms with Gasteiger partial charge in [0.25, 0.3) is 0 Å². The van der Waals surface area contributed by atoms with Crippen molar-refractivity contribution in [3.63, 3.8) is 0 Å². The number of amides is 1. The lowest BCUT2D eigenvalue weighted by molar-refractivity contribution is -0.124. The molecule has 0 radical (unpaired) electrons. The molecule has 1 fully saturated rings. The zero-order chi connectivity index (χ0) is 18.3. The molecule has 0 aromatic heterocycles. The molecule has 26 heavy (non-hydrogen) atoms. The number of hydrogen-bond donors (Lipinski definition) is 4. The molecule has 1 aliphatic carbocycles. The Kier molecular flexibility index (Phi) is 4.22. The number of carbonyl (C=O) groups is 1. The van der Waals surface area contributed by atoms with Gasteiger partial charge in [-0.1, -0.05) is 48.5 Å². The summed E-state index contributed by atoms with van der Waals surface area (Å²) in [6.45, 7) is 0. The number of aliphatic hydroxyl groups excluding tert-OH is 1. The minimum atomic E-state index is -1.68. The highest BCUT2D eigenvalue weighted by molar-refractivity contribution is 6.47. The first-order chi connectivity index (χ1) is 12.5. The van der Waals surface area contributed by atoms with Gasteiger partial charge < -0.3 is 25.2 Å². The van der Waals surface area contributed by atoms with E-state index in [1.807, 2.05) is 30.3 Å². The van der Waals surface area contributed by atoms with Gasteiger partial charge in [0.2, 0.25) is 5.91 Å². The van der Waals surface area contributed by atoms with Crippen molar-refractivity contribution in [2.75, 3.05) is 0 Å². The van der Waals surface area contributed by atoms with Crippen molar-refractivity contribution < 1.29 is 24.7 Å². The third-order valence-electron chi connectivity index (χ3n) is 5.26. The van der Waals surface area contributed by atoms with Gasteiger partial charge in [0.15, 0.2) is 6.29 Å². The van der Waals surface area contributed by atoms with Gasteiger partial charge in [0, 0.05) is 5.56 Å². The SMILES string of the molecule is O=C(NC1Cc2cccc(C(O)O)c2OB1O)C1(c2ccccc2)CC1. The molecule has 1 aliphatic heterocycles. The fourth-order valence-corrected chi connectivity index (χ4v) is 3.61. The fraction of sp³-hybridized carbons (Fsp3) is 0.316.